The molecule has 140 valence electrons. The third-order valence-electron chi connectivity index (χ3n) is 4.75. The van der Waals surface area contributed by atoms with Gasteiger partial charge in [-0.25, -0.2) is 0 Å². The Morgan fingerprint density at radius 2 is 1.88 bits per heavy atom. The molecule has 0 N–H and O–H groups in total. The van der Waals surface area contributed by atoms with Crippen molar-refractivity contribution in [2.75, 3.05) is 13.1 Å². The van der Waals surface area contributed by atoms with Gasteiger partial charge in [-0.2, -0.15) is 13.2 Å². The number of benzene rings is 1. The largest absolute Gasteiger partial charge is 0.470 e. The second kappa shape index (κ2) is 7.47. The minimum Gasteiger partial charge on any atom is -0.417 e. The van der Waals surface area contributed by atoms with Gasteiger partial charge in [0, 0.05) is 19.0 Å². The zero-order valence-corrected chi connectivity index (χ0v) is 14.4. The lowest BCUT2D eigenvalue weighted by molar-refractivity contribution is -0.157. The maximum Gasteiger partial charge on any atom is 0.470 e. The number of nitrogens with zero attached hydrogens (tertiary/aromatic N) is 3. The fourth-order valence-corrected chi connectivity index (χ4v) is 3.32. The molecule has 1 aliphatic heterocycles. The monoisotopic (exact) mass is 367 g/mol. The lowest BCUT2D eigenvalue weighted by atomic mass is 9.92. The number of hydrogen-bond donors (Lipinski definition) is 0. The molecule has 1 saturated heterocycles. The van der Waals surface area contributed by atoms with Crippen molar-refractivity contribution in [1.29, 1.82) is 0 Å². The molecule has 1 fully saturated rings. The number of likely N-dealkylation sites (tertiary alicyclic amines) is 1. The van der Waals surface area contributed by atoms with Crippen molar-refractivity contribution in [3.63, 3.8) is 0 Å². The van der Waals surface area contributed by atoms with Crippen LogP contribution >= 0.6 is 0 Å². The fourth-order valence-electron chi connectivity index (χ4n) is 3.32. The van der Waals surface area contributed by atoms with E-state index in [-0.39, 0.29) is 23.6 Å². The van der Waals surface area contributed by atoms with Crippen molar-refractivity contribution in [1.82, 2.24) is 15.1 Å². The van der Waals surface area contributed by atoms with Gasteiger partial charge >= 0.3 is 12.1 Å². The number of carbonyl (C=O) groups excluding carboxylic acids is 1. The summed E-state index contributed by atoms with van der Waals surface area (Å²) in [4.78, 5) is 14.6. The normalized spacial score (nSPS) is 17.3. The lowest BCUT2D eigenvalue weighted by Crippen LogP contribution is -2.40. The minimum atomic E-state index is -4.63. The minimum absolute atomic E-state index is 0.000440. The third-order valence-corrected chi connectivity index (χ3v) is 4.75. The maximum atomic E-state index is 12.8. The first-order chi connectivity index (χ1) is 12.4. The smallest absolute Gasteiger partial charge is 0.417 e. The molecule has 1 aromatic carbocycles. The molecule has 1 atom stereocenters. The van der Waals surface area contributed by atoms with E-state index in [0.29, 0.717) is 32.4 Å². The molecule has 0 radical (unpaired) electrons. The topological polar surface area (TPSA) is 59.2 Å². The number of rotatable bonds is 4. The van der Waals surface area contributed by atoms with Crippen LogP contribution < -0.4 is 0 Å². The summed E-state index contributed by atoms with van der Waals surface area (Å²) in [5.74, 6) is -1.72. The average Bonchev–Trinajstić information content (AvgIpc) is 3.14. The molecule has 1 amide bonds. The summed E-state index contributed by atoms with van der Waals surface area (Å²) in [6.07, 6.45) is -2.92. The van der Waals surface area contributed by atoms with Crippen molar-refractivity contribution in [3.05, 3.63) is 47.7 Å². The first kappa shape index (κ1) is 18.4. The van der Waals surface area contributed by atoms with Gasteiger partial charge in [0.2, 0.25) is 11.8 Å². The predicted molar refractivity (Wildman–Crippen MR) is 87.3 cm³/mol. The zero-order valence-electron chi connectivity index (χ0n) is 14.4. The van der Waals surface area contributed by atoms with Gasteiger partial charge in [0.25, 0.3) is 0 Å². The van der Waals surface area contributed by atoms with Crippen molar-refractivity contribution in [2.45, 2.75) is 44.2 Å². The summed E-state index contributed by atoms with van der Waals surface area (Å²) in [6.45, 7) is 2.91. The van der Waals surface area contributed by atoms with E-state index in [0.717, 1.165) is 5.56 Å². The molecule has 0 saturated carbocycles. The van der Waals surface area contributed by atoms with Crippen LogP contribution in [0.25, 0.3) is 0 Å². The lowest BCUT2D eigenvalue weighted by Gasteiger charge is -2.33. The van der Waals surface area contributed by atoms with Crippen LogP contribution in [-0.4, -0.2) is 34.1 Å². The Morgan fingerprint density at radius 3 is 2.42 bits per heavy atom. The van der Waals surface area contributed by atoms with Gasteiger partial charge in [0.05, 0.1) is 5.92 Å². The molecular formula is C18H20F3N3O2. The second-order valence-electron chi connectivity index (χ2n) is 6.41. The van der Waals surface area contributed by atoms with E-state index in [1.165, 1.54) is 0 Å². The summed E-state index contributed by atoms with van der Waals surface area (Å²) >= 11 is 0. The summed E-state index contributed by atoms with van der Waals surface area (Å²) in [5.41, 5.74) is 0.980. The maximum absolute atomic E-state index is 12.8. The van der Waals surface area contributed by atoms with E-state index in [9.17, 15) is 18.0 Å². The Kier molecular flexibility index (Phi) is 5.29. The highest BCUT2D eigenvalue weighted by Crippen LogP contribution is 2.33. The number of carbonyl (C=O) groups is 1. The van der Waals surface area contributed by atoms with E-state index < -0.39 is 12.1 Å². The molecule has 2 heterocycles. The predicted octanol–water partition coefficient (Wildman–Crippen LogP) is 3.99. The Labute approximate surface area is 149 Å². The van der Waals surface area contributed by atoms with Crippen LogP contribution in [0.1, 0.15) is 55.4 Å². The van der Waals surface area contributed by atoms with E-state index in [1.807, 2.05) is 37.3 Å². The molecular weight excluding hydrogens is 347 g/mol. The van der Waals surface area contributed by atoms with E-state index in [2.05, 4.69) is 10.2 Å². The van der Waals surface area contributed by atoms with Gasteiger partial charge in [-0.1, -0.05) is 37.3 Å². The van der Waals surface area contributed by atoms with Gasteiger partial charge in [0.1, 0.15) is 0 Å². The molecule has 5 nitrogen and oxygen atoms in total. The molecule has 1 aliphatic rings. The SMILES string of the molecule is CC[C@@H](C(=O)N1CCC(c2nnc(C(F)(F)F)o2)CC1)c1ccccc1. The summed E-state index contributed by atoms with van der Waals surface area (Å²) in [6, 6.07) is 9.61. The molecule has 2 aromatic rings. The van der Waals surface area contributed by atoms with Crippen LogP contribution in [0.5, 0.6) is 0 Å². The molecule has 0 bridgehead atoms. The molecule has 8 heteroatoms. The summed E-state index contributed by atoms with van der Waals surface area (Å²) in [5, 5.41) is 6.61. The van der Waals surface area contributed by atoms with Crippen LogP contribution in [0.4, 0.5) is 13.2 Å². The van der Waals surface area contributed by atoms with Crippen LogP contribution in [0, 0.1) is 0 Å². The van der Waals surface area contributed by atoms with Gasteiger partial charge in [-0.15, -0.1) is 10.2 Å². The fraction of sp³-hybridized carbons (Fsp3) is 0.500. The van der Waals surface area contributed by atoms with Crippen molar-refractivity contribution in [3.8, 4) is 0 Å². The van der Waals surface area contributed by atoms with Crippen LogP contribution in [0.15, 0.2) is 34.7 Å². The van der Waals surface area contributed by atoms with Crippen LogP contribution in [-0.2, 0) is 11.0 Å². The molecule has 0 aliphatic carbocycles. The van der Waals surface area contributed by atoms with Crippen molar-refractivity contribution >= 4 is 5.91 Å². The number of amides is 1. The third kappa shape index (κ3) is 3.89. The van der Waals surface area contributed by atoms with Gasteiger partial charge < -0.3 is 9.32 Å². The van der Waals surface area contributed by atoms with E-state index >= 15 is 0 Å². The Hall–Kier alpha value is -2.38. The first-order valence-corrected chi connectivity index (χ1v) is 8.64. The highest BCUT2D eigenvalue weighted by atomic mass is 19.4. The van der Waals surface area contributed by atoms with Crippen LogP contribution in [0.2, 0.25) is 0 Å². The quantitative estimate of drug-likeness (QED) is 0.820. The number of aromatic nitrogens is 2. The Morgan fingerprint density at radius 1 is 1.23 bits per heavy atom. The molecule has 0 spiro atoms. The number of halogens is 3. The molecule has 1 aromatic heterocycles. The van der Waals surface area contributed by atoms with Gasteiger partial charge in [0.15, 0.2) is 0 Å². The van der Waals surface area contributed by atoms with Crippen molar-refractivity contribution < 1.29 is 22.4 Å². The molecule has 0 unspecified atom stereocenters. The number of hydrogen-bond acceptors (Lipinski definition) is 4. The highest BCUT2D eigenvalue weighted by Gasteiger charge is 2.39. The molecule has 26 heavy (non-hydrogen) atoms. The van der Waals surface area contributed by atoms with Crippen LogP contribution in [0.3, 0.4) is 0 Å². The van der Waals surface area contributed by atoms with Crippen molar-refractivity contribution in [2.24, 2.45) is 0 Å². The Balaban J connectivity index is 1.63. The van der Waals surface area contributed by atoms with E-state index in [4.69, 9.17) is 4.42 Å². The standard InChI is InChI=1S/C18H20F3N3O2/c1-2-14(12-6-4-3-5-7-12)16(25)24-10-8-13(9-11-24)15-22-23-17(26-15)18(19,20)21/h3-7,13-14H,2,8-11H2,1H3/t14-/m1/s1. The highest BCUT2D eigenvalue weighted by molar-refractivity contribution is 5.83. The Bertz CT molecular complexity index is 738. The average molecular weight is 367 g/mol. The van der Waals surface area contributed by atoms with Gasteiger partial charge in [-0.05, 0) is 24.8 Å². The number of piperidine rings is 1. The van der Waals surface area contributed by atoms with E-state index in [1.54, 1.807) is 4.90 Å². The number of alkyl halides is 3. The van der Waals surface area contributed by atoms with Gasteiger partial charge in [-0.3, -0.25) is 4.79 Å². The first-order valence-electron chi connectivity index (χ1n) is 8.64. The molecule has 3 rings (SSSR count). The zero-order chi connectivity index (χ0) is 18.7. The summed E-state index contributed by atoms with van der Waals surface area (Å²) < 4.78 is 42.5. The second-order valence-corrected chi connectivity index (χ2v) is 6.41. The summed E-state index contributed by atoms with van der Waals surface area (Å²) in [7, 11) is 0.